The van der Waals surface area contributed by atoms with Crippen LogP contribution in [0.25, 0.3) is 0 Å². The maximum Gasteiger partial charge on any atom is 0.345 e. The second-order valence-corrected chi connectivity index (χ2v) is 7.29. The number of aliphatic imine (C=N–C) groups is 1. The molecule has 0 saturated carbocycles. The lowest BCUT2D eigenvalue weighted by Crippen LogP contribution is -2.39. The van der Waals surface area contributed by atoms with E-state index in [4.69, 9.17) is 4.74 Å². The van der Waals surface area contributed by atoms with Gasteiger partial charge in [0.1, 0.15) is 11.6 Å². The van der Waals surface area contributed by atoms with Gasteiger partial charge in [-0.25, -0.2) is 9.48 Å². The molecule has 1 aliphatic heterocycles. The number of halogens is 1. The van der Waals surface area contributed by atoms with Gasteiger partial charge in [-0.2, -0.15) is 5.10 Å². The van der Waals surface area contributed by atoms with Gasteiger partial charge in [0.05, 0.1) is 6.61 Å². The molecule has 0 radical (unpaired) electrons. The summed E-state index contributed by atoms with van der Waals surface area (Å²) < 4.78 is 8.92. The highest BCUT2D eigenvalue weighted by atomic mass is 127. The largest absolute Gasteiger partial charge is 0.494 e. The van der Waals surface area contributed by atoms with Crippen LogP contribution in [0.1, 0.15) is 37.6 Å². The first kappa shape index (κ1) is 24.2. The average Bonchev–Trinajstić information content (AvgIpc) is 3.05. The minimum absolute atomic E-state index is 0. The van der Waals surface area contributed by atoms with E-state index >= 15 is 0 Å². The third kappa shape index (κ3) is 6.23. The number of hydrogen-bond donors (Lipinski definition) is 1. The molecule has 9 heteroatoms. The summed E-state index contributed by atoms with van der Waals surface area (Å²) in [5, 5.41) is 7.86. The number of rotatable bonds is 8. The number of benzene rings is 1. The van der Waals surface area contributed by atoms with Crippen molar-refractivity contribution < 1.29 is 4.74 Å². The first-order valence-electron chi connectivity index (χ1n) is 10.4. The molecule has 0 bridgehead atoms. The fraction of sp³-hybridized carbons (Fsp3) is 0.571. The maximum atomic E-state index is 12.4. The maximum absolute atomic E-state index is 12.4. The fourth-order valence-corrected chi connectivity index (χ4v) is 3.61. The molecule has 166 valence electrons. The molecule has 1 aliphatic rings. The summed E-state index contributed by atoms with van der Waals surface area (Å²) in [6.07, 6.45) is 3.90. The minimum Gasteiger partial charge on any atom is -0.494 e. The Hall–Kier alpha value is -2.04. The molecular formula is C21H33IN6O2. The molecule has 2 heterocycles. The van der Waals surface area contributed by atoms with Crippen LogP contribution in [-0.4, -0.2) is 52.5 Å². The molecule has 0 spiro atoms. The number of ether oxygens (including phenoxy) is 1. The highest BCUT2D eigenvalue weighted by Gasteiger charge is 2.16. The van der Waals surface area contributed by atoms with E-state index in [-0.39, 0.29) is 29.7 Å². The molecule has 3 rings (SSSR count). The lowest BCUT2D eigenvalue weighted by atomic mass is 10.2. The smallest absolute Gasteiger partial charge is 0.345 e. The summed E-state index contributed by atoms with van der Waals surface area (Å²) in [6, 6.07) is 8.12. The van der Waals surface area contributed by atoms with E-state index in [2.05, 4.69) is 32.4 Å². The van der Waals surface area contributed by atoms with Gasteiger partial charge in [0.15, 0.2) is 5.96 Å². The van der Waals surface area contributed by atoms with Gasteiger partial charge in [-0.1, -0.05) is 12.1 Å². The predicted octanol–water partition coefficient (Wildman–Crippen LogP) is 2.50. The molecule has 2 aromatic rings. The zero-order valence-electron chi connectivity index (χ0n) is 18.1. The van der Waals surface area contributed by atoms with Crippen LogP contribution in [0.15, 0.2) is 34.1 Å². The van der Waals surface area contributed by atoms with Crippen LogP contribution in [0.3, 0.4) is 0 Å². The molecule has 0 saturated heterocycles. The molecule has 1 aromatic heterocycles. The Morgan fingerprint density at radius 3 is 2.73 bits per heavy atom. The lowest BCUT2D eigenvalue weighted by Gasteiger charge is -2.22. The van der Waals surface area contributed by atoms with Crippen molar-refractivity contribution in [2.45, 2.75) is 52.2 Å². The summed E-state index contributed by atoms with van der Waals surface area (Å²) in [5.74, 6) is 2.65. The van der Waals surface area contributed by atoms with Gasteiger partial charge in [-0.3, -0.25) is 9.56 Å². The highest BCUT2D eigenvalue weighted by molar-refractivity contribution is 14.0. The van der Waals surface area contributed by atoms with Crippen molar-refractivity contribution in [3.63, 3.8) is 0 Å². The summed E-state index contributed by atoms with van der Waals surface area (Å²) in [7, 11) is 3.80. The first-order chi connectivity index (χ1) is 14.1. The molecule has 0 atom stereocenters. The number of hydrogen-bond acceptors (Lipinski definition) is 4. The van der Waals surface area contributed by atoms with Crippen LogP contribution in [-0.2, 0) is 26.1 Å². The molecule has 30 heavy (non-hydrogen) atoms. The van der Waals surface area contributed by atoms with Gasteiger partial charge < -0.3 is 15.0 Å². The van der Waals surface area contributed by atoms with Gasteiger partial charge in [-0.05, 0) is 43.9 Å². The van der Waals surface area contributed by atoms with Gasteiger partial charge in [0.25, 0.3) is 0 Å². The van der Waals surface area contributed by atoms with E-state index in [1.807, 2.05) is 30.7 Å². The third-order valence-electron chi connectivity index (χ3n) is 5.09. The highest BCUT2D eigenvalue weighted by Crippen LogP contribution is 2.13. The topological polar surface area (TPSA) is 76.7 Å². The Morgan fingerprint density at radius 1 is 1.30 bits per heavy atom. The summed E-state index contributed by atoms with van der Waals surface area (Å²) in [6.45, 7) is 5.55. The molecule has 8 nitrogen and oxygen atoms in total. The Balaban J connectivity index is 0.00000320. The quantitative estimate of drug-likeness (QED) is 0.247. The van der Waals surface area contributed by atoms with E-state index in [0.717, 1.165) is 62.9 Å². The molecule has 0 amide bonds. The SMILES string of the molecule is CCOc1ccc(CN(C)C(=NC)NCCCn2nc3n(c2=O)CCCC3)cc1.I. The van der Waals surface area contributed by atoms with Crippen molar-refractivity contribution >= 4 is 29.9 Å². The van der Waals surface area contributed by atoms with E-state index in [0.29, 0.717) is 13.2 Å². The molecule has 0 unspecified atom stereocenters. The molecule has 0 fully saturated rings. The standard InChI is InChI=1S/C21H32N6O2.HI/c1-4-29-18-11-9-17(10-12-18)16-25(3)20(22-2)23-13-7-15-27-21(28)26-14-6-5-8-19(26)24-27;/h9-12H,4-8,13-16H2,1-3H3,(H,22,23);1H. The van der Waals surface area contributed by atoms with Crippen molar-refractivity contribution in [2.75, 3.05) is 27.2 Å². The zero-order valence-corrected chi connectivity index (χ0v) is 20.5. The molecular weight excluding hydrogens is 495 g/mol. The fourth-order valence-electron chi connectivity index (χ4n) is 3.61. The number of aromatic nitrogens is 3. The van der Waals surface area contributed by atoms with Crippen molar-refractivity contribution in [1.82, 2.24) is 24.6 Å². The van der Waals surface area contributed by atoms with Crippen molar-refractivity contribution in [3.05, 3.63) is 46.1 Å². The summed E-state index contributed by atoms with van der Waals surface area (Å²) >= 11 is 0. The Kier molecular flexibility index (Phi) is 9.67. The number of guanidine groups is 1. The van der Waals surface area contributed by atoms with Gasteiger partial charge in [0, 0.05) is 46.7 Å². The average molecular weight is 528 g/mol. The Morgan fingerprint density at radius 2 is 2.07 bits per heavy atom. The second-order valence-electron chi connectivity index (χ2n) is 7.29. The van der Waals surface area contributed by atoms with E-state index in [1.54, 1.807) is 11.7 Å². The van der Waals surface area contributed by atoms with Gasteiger partial charge >= 0.3 is 5.69 Å². The van der Waals surface area contributed by atoms with Crippen molar-refractivity contribution in [1.29, 1.82) is 0 Å². The summed E-state index contributed by atoms with van der Waals surface area (Å²) in [5.41, 5.74) is 1.21. The first-order valence-corrected chi connectivity index (χ1v) is 10.4. The van der Waals surface area contributed by atoms with E-state index in [1.165, 1.54) is 5.56 Å². The zero-order chi connectivity index (χ0) is 20.6. The molecule has 0 aliphatic carbocycles. The van der Waals surface area contributed by atoms with E-state index in [9.17, 15) is 4.79 Å². The third-order valence-corrected chi connectivity index (χ3v) is 5.09. The molecule has 1 aromatic carbocycles. The lowest BCUT2D eigenvalue weighted by molar-refractivity contribution is 0.340. The van der Waals surface area contributed by atoms with Crippen LogP contribution >= 0.6 is 24.0 Å². The van der Waals surface area contributed by atoms with Gasteiger partial charge in [0.2, 0.25) is 0 Å². The van der Waals surface area contributed by atoms with Crippen LogP contribution in [0.2, 0.25) is 0 Å². The van der Waals surface area contributed by atoms with E-state index < -0.39 is 0 Å². The Bertz CT molecular complexity index is 875. The van der Waals surface area contributed by atoms with Crippen LogP contribution in [0.4, 0.5) is 0 Å². The normalized spacial score (nSPS) is 13.4. The predicted molar refractivity (Wildman–Crippen MR) is 130 cm³/mol. The van der Waals surface area contributed by atoms with Crippen LogP contribution < -0.4 is 15.7 Å². The number of fused-ring (bicyclic) bond motifs is 1. The molecule has 1 N–H and O–H groups in total. The number of aryl methyl sites for hydroxylation is 2. The van der Waals surface area contributed by atoms with Crippen LogP contribution in [0.5, 0.6) is 5.75 Å². The van der Waals surface area contributed by atoms with Crippen molar-refractivity contribution in [2.24, 2.45) is 4.99 Å². The summed E-state index contributed by atoms with van der Waals surface area (Å²) in [4.78, 5) is 18.8. The number of nitrogens with zero attached hydrogens (tertiary/aromatic N) is 5. The minimum atomic E-state index is 0. The van der Waals surface area contributed by atoms with Gasteiger partial charge in [-0.15, -0.1) is 24.0 Å². The monoisotopic (exact) mass is 528 g/mol. The Labute approximate surface area is 195 Å². The number of nitrogens with one attached hydrogen (secondary N) is 1. The second kappa shape index (κ2) is 12.0. The van der Waals surface area contributed by atoms with Crippen LogP contribution in [0, 0.1) is 0 Å². The van der Waals surface area contributed by atoms with Crippen molar-refractivity contribution in [3.8, 4) is 5.75 Å².